The summed E-state index contributed by atoms with van der Waals surface area (Å²) in [7, 11) is 1.42. The monoisotopic (exact) mass is 556 g/mol. The summed E-state index contributed by atoms with van der Waals surface area (Å²) in [6.07, 6.45) is 0.270. The minimum atomic E-state index is -4.87. The van der Waals surface area contributed by atoms with Crippen molar-refractivity contribution < 1.29 is 18.3 Å². The van der Waals surface area contributed by atoms with Crippen LogP contribution in [0.3, 0.4) is 0 Å². The van der Waals surface area contributed by atoms with E-state index in [4.69, 9.17) is 0 Å². The van der Waals surface area contributed by atoms with Crippen LogP contribution in [-0.4, -0.2) is 73.1 Å². The number of aliphatic hydroxyl groups is 1. The number of rotatable bonds is 6. The summed E-state index contributed by atoms with van der Waals surface area (Å²) in [5.74, 6) is 1.22. The molecular weight excluding hydrogens is 528 g/mol. The van der Waals surface area contributed by atoms with Gasteiger partial charge in [-0.15, -0.1) is 24.0 Å². The van der Waals surface area contributed by atoms with Gasteiger partial charge in [0, 0.05) is 58.0 Å². The molecule has 2 aromatic rings. The number of nitrogens with one attached hydrogen (secondary N) is 2. The molecule has 1 saturated heterocycles. The lowest BCUT2D eigenvalue weighted by Crippen LogP contribution is -2.47. The van der Waals surface area contributed by atoms with Crippen LogP contribution in [-0.2, 0) is 12.6 Å². The van der Waals surface area contributed by atoms with Crippen LogP contribution >= 0.6 is 24.0 Å². The second-order valence-electron chi connectivity index (χ2n) is 7.34. The number of aromatic nitrogens is 5. The van der Waals surface area contributed by atoms with Gasteiger partial charge in [-0.05, 0) is 19.8 Å². The molecule has 2 aromatic heterocycles. The molecule has 174 valence electrons. The number of H-pyrrole nitrogens is 1. The van der Waals surface area contributed by atoms with Gasteiger partial charge in [0.25, 0.3) is 0 Å². The van der Waals surface area contributed by atoms with Gasteiger partial charge < -0.3 is 19.9 Å². The van der Waals surface area contributed by atoms with Gasteiger partial charge in [-0.1, -0.05) is 0 Å². The van der Waals surface area contributed by atoms with Crippen LogP contribution in [0, 0.1) is 0 Å². The molecule has 3 N–H and O–H groups in total. The topological polar surface area (TPSA) is 107 Å². The minimum absolute atomic E-state index is 0. The summed E-state index contributed by atoms with van der Waals surface area (Å²) in [4.78, 5) is 14.3. The van der Waals surface area contributed by atoms with Crippen LogP contribution in [0.4, 0.5) is 13.2 Å². The Morgan fingerprint density at radius 3 is 2.55 bits per heavy atom. The third-order valence-corrected chi connectivity index (χ3v) is 5.34. The van der Waals surface area contributed by atoms with E-state index >= 15 is 0 Å². The fourth-order valence-corrected chi connectivity index (χ4v) is 3.67. The fourth-order valence-electron chi connectivity index (χ4n) is 3.67. The Bertz CT molecular complexity index is 833. The van der Waals surface area contributed by atoms with Crippen LogP contribution in [0.25, 0.3) is 0 Å². The zero-order valence-corrected chi connectivity index (χ0v) is 19.8. The van der Waals surface area contributed by atoms with E-state index in [1.54, 1.807) is 0 Å². The van der Waals surface area contributed by atoms with E-state index in [-0.39, 0.29) is 36.4 Å². The summed E-state index contributed by atoms with van der Waals surface area (Å²) in [5.41, 5.74) is -3.06. The molecule has 0 aliphatic carbocycles. The van der Waals surface area contributed by atoms with Gasteiger partial charge in [-0.2, -0.15) is 18.3 Å². The standard InChI is InChI=1S/C18H27F3N8O.HI/c1-3-22-16(29-9-4-13(5-10-29)14-25-12-26-27-14)24-7-6-17(30,18(19,20)21)15-23-8-11-28(15)2;/h8,11-13,30H,3-7,9-10H2,1-2H3,(H,22,24)(H,25,26,27);1H. The van der Waals surface area contributed by atoms with Crippen molar-refractivity contribution in [2.45, 2.75) is 43.9 Å². The predicted octanol–water partition coefficient (Wildman–Crippen LogP) is 2.14. The van der Waals surface area contributed by atoms with E-state index < -0.39 is 24.0 Å². The third-order valence-electron chi connectivity index (χ3n) is 5.34. The van der Waals surface area contributed by atoms with Crippen molar-refractivity contribution in [3.8, 4) is 0 Å². The number of likely N-dealkylation sites (tertiary alicyclic amines) is 1. The van der Waals surface area contributed by atoms with Gasteiger partial charge in [-0.25, -0.2) is 9.97 Å². The first kappa shape index (κ1) is 25.4. The maximum absolute atomic E-state index is 13.7. The molecule has 0 saturated carbocycles. The van der Waals surface area contributed by atoms with Crippen molar-refractivity contribution in [2.75, 3.05) is 26.2 Å². The Morgan fingerprint density at radius 1 is 1.32 bits per heavy atom. The van der Waals surface area contributed by atoms with Crippen LogP contribution in [0.1, 0.15) is 43.8 Å². The maximum Gasteiger partial charge on any atom is 0.424 e. The smallest absolute Gasteiger partial charge is 0.374 e. The van der Waals surface area contributed by atoms with Crippen molar-refractivity contribution in [2.24, 2.45) is 12.0 Å². The minimum Gasteiger partial charge on any atom is -0.374 e. The van der Waals surface area contributed by atoms with Gasteiger partial charge in [0.2, 0.25) is 5.60 Å². The summed E-state index contributed by atoms with van der Waals surface area (Å²) in [6, 6.07) is 0. The largest absolute Gasteiger partial charge is 0.424 e. The lowest BCUT2D eigenvalue weighted by Gasteiger charge is -2.34. The van der Waals surface area contributed by atoms with Crippen LogP contribution in [0.15, 0.2) is 23.7 Å². The quantitative estimate of drug-likeness (QED) is 0.286. The first-order chi connectivity index (χ1) is 14.3. The fraction of sp³-hybridized carbons (Fsp3) is 0.667. The van der Waals surface area contributed by atoms with Gasteiger partial charge in [0.15, 0.2) is 5.96 Å². The highest BCUT2D eigenvalue weighted by molar-refractivity contribution is 14.0. The molecule has 1 aliphatic heterocycles. The average Bonchev–Trinajstić information content (AvgIpc) is 3.38. The van der Waals surface area contributed by atoms with E-state index in [0.29, 0.717) is 25.6 Å². The third kappa shape index (κ3) is 5.67. The van der Waals surface area contributed by atoms with E-state index in [0.717, 1.165) is 18.7 Å². The summed E-state index contributed by atoms with van der Waals surface area (Å²) < 4.78 is 42.2. The number of hydrogen-bond acceptors (Lipinski definition) is 5. The summed E-state index contributed by atoms with van der Waals surface area (Å²) in [5, 5.41) is 20.4. The highest BCUT2D eigenvalue weighted by Crippen LogP contribution is 2.40. The zero-order chi connectivity index (χ0) is 21.8. The molecule has 0 spiro atoms. The van der Waals surface area contributed by atoms with Crippen LogP contribution in [0.5, 0.6) is 0 Å². The van der Waals surface area contributed by atoms with Gasteiger partial charge in [0.1, 0.15) is 18.0 Å². The summed E-state index contributed by atoms with van der Waals surface area (Å²) >= 11 is 0. The van der Waals surface area contributed by atoms with Gasteiger partial charge in [0.05, 0.1) is 0 Å². The molecule has 13 heteroatoms. The Balaban J connectivity index is 0.00000341. The van der Waals surface area contributed by atoms with Crippen LogP contribution in [0.2, 0.25) is 0 Å². The SMILES string of the molecule is CCNC(=NCCC(O)(c1nccn1C)C(F)(F)F)N1CCC(c2ncn[nH]2)CC1.I. The molecule has 1 fully saturated rings. The van der Waals surface area contributed by atoms with Crippen molar-refractivity contribution in [3.05, 3.63) is 30.4 Å². The molecule has 1 unspecified atom stereocenters. The molecule has 1 atom stereocenters. The Kier molecular flexibility index (Phi) is 8.68. The predicted molar refractivity (Wildman–Crippen MR) is 119 cm³/mol. The molecule has 31 heavy (non-hydrogen) atoms. The van der Waals surface area contributed by atoms with Crippen molar-refractivity contribution >= 4 is 29.9 Å². The highest BCUT2D eigenvalue weighted by atomic mass is 127. The number of halogens is 4. The van der Waals surface area contributed by atoms with E-state index in [2.05, 4.69) is 30.5 Å². The number of aromatic amines is 1. The first-order valence-electron chi connectivity index (χ1n) is 9.91. The van der Waals surface area contributed by atoms with Gasteiger partial charge >= 0.3 is 6.18 Å². The zero-order valence-electron chi connectivity index (χ0n) is 17.4. The number of alkyl halides is 3. The number of aryl methyl sites for hydroxylation is 1. The highest BCUT2D eigenvalue weighted by Gasteiger charge is 2.57. The second-order valence-corrected chi connectivity index (χ2v) is 7.34. The number of nitrogens with zero attached hydrogens (tertiary/aromatic N) is 6. The maximum atomic E-state index is 13.7. The van der Waals surface area contributed by atoms with Crippen molar-refractivity contribution in [3.63, 3.8) is 0 Å². The molecule has 3 heterocycles. The number of aliphatic imine (C=N–C) groups is 1. The molecule has 9 nitrogen and oxygen atoms in total. The molecule has 1 aliphatic rings. The Morgan fingerprint density at radius 2 is 2.03 bits per heavy atom. The molecule has 0 radical (unpaired) electrons. The molecule has 0 aromatic carbocycles. The number of hydrogen-bond donors (Lipinski definition) is 3. The van der Waals surface area contributed by atoms with Crippen molar-refractivity contribution in [1.82, 2.24) is 34.9 Å². The number of guanidine groups is 1. The first-order valence-corrected chi connectivity index (χ1v) is 9.91. The van der Waals surface area contributed by atoms with Crippen LogP contribution < -0.4 is 5.32 Å². The lowest BCUT2D eigenvalue weighted by molar-refractivity contribution is -0.272. The van der Waals surface area contributed by atoms with E-state index in [9.17, 15) is 18.3 Å². The number of imidazole rings is 1. The van der Waals surface area contributed by atoms with E-state index in [1.807, 2.05) is 11.8 Å². The normalized spacial score (nSPS) is 17.9. The Hall–Kier alpha value is -1.90. The molecular formula is C18H28F3IN8O. The van der Waals surface area contributed by atoms with Gasteiger partial charge in [-0.3, -0.25) is 10.1 Å². The number of piperidine rings is 1. The second kappa shape index (κ2) is 10.6. The molecule has 3 rings (SSSR count). The molecule has 0 amide bonds. The molecule has 0 bridgehead atoms. The Labute approximate surface area is 195 Å². The van der Waals surface area contributed by atoms with E-state index in [1.165, 1.54) is 30.3 Å². The van der Waals surface area contributed by atoms with Crippen molar-refractivity contribution in [1.29, 1.82) is 0 Å². The lowest BCUT2D eigenvalue weighted by atomic mass is 9.96. The average molecular weight is 556 g/mol. The summed E-state index contributed by atoms with van der Waals surface area (Å²) in [6.45, 7) is 3.67.